The van der Waals surface area contributed by atoms with E-state index < -0.39 is 0 Å². The van der Waals surface area contributed by atoms with Crippen LogP contribution in [0.15, 0.2) is 30.3 Å². The van der Waals surface area contributed by atoms with Crippen LogP contribution in [0.4, 0.5) is 0 Å². The fraction of sp³-hybridized carbons (Fsp3) is 0.100. The summed E-state index contributed by atoms with van der Waals surface area (Å²) in [5.41, 5.74) is 1.62. The standard InChI is InChI=1S/C10H9IN2O/c1-13(11)10(14)9-6-7-4-2-3-5-8(7)12-9/h2-6,12H,1H3. The minimum atomic E-state index is -0.0122. The molecule has 0 spiro atoms. The molecule has 1 amide bonds. The molecule has 0 aliphatic heterocycles. The van der Waals surface area contributed by atoms with Gasteiger partial charge in [-0.05, 0) is 12.1 Å². The molecule has 0 aliphatic rings. The van der Waals surface area contributed by atoms with Crippen LogP contribution in [0.2, 0.25) is 0 Å². The zero-order valence-corrected chi connectivity index (χ0v) is 9.78. The van der Waals surface area contributed by atoms with Crippen LogP contribution in [-0.2, 0) is 0 Å². The minimum absolute atomic E-state index is 0.0122. The van der Waals surface area contributed by atoms with Crippen LogP contribution in [0.25, 0.3) is 10.9 Å². The molecule has 1 aromatic carbocycles. The molecule has 1 N–H and O–H groups in total. The molecule has 1 heterocycles. The summed E-state index contributed by atoms with van der Waals surface area (Å²) >= 11 is 1.96. The Kier molecular flexibility index (Phi) is 2.45. The van der Waals surface area contributed by atoms with Crippen molar-refractivity contribution in [1.82, 2.24) is 8.10 Å². The highest BCUT2D eigenvalue weighted by Gasteiger charge is 2.11. The number of carbonyl (C=O) groups excluding carboxylic acids is 1. The Bertz CT molecular complexity index is 443. The predicted molar refractivity (Wildman–Crippen MR) is 64.4 cm³/mol. The number of fused-ring (bicyclic) bond motifs is 1. The Hall–Kier alpha value is -1.04. The summed E-state index contributed by atoms with van der Waals surface area (Å²) in [6.45, 7) is 0. The second-order valence-electron chi connectivity index (χ2n) is 3.05. The number of nitrogens with one attached hydrogen (secondary N) is 1. The third-order valence-corrected chi connectivity index (χ3v) is 2.48. The molecule has 0 saturated heterocycles. The van der Waals surface area contributed by atoms with Gasteiger partial charge in [0.1, 0.15) is 5.69 Å². The molecule has 0 atom stereocenters. The molecule has 14 heavy (non-hydrogen) atoms. The third-order valence-electron chi connectivity index (χ3n) is 2.04. The summed E-state index contributed by atoms with van der Waals surface area (Å²) in [6.07, 6.45) is 0. The number of nitrogens with zero attached hydrogens (tertiary/aromatic N) is 1. The van der Waals surface area contributed by atoms with Crippen LogP contribution in [0.3, 0.4) is 0 Å². The van der Waals surface area contributed by atoms with Crippen molar-refractivity contribution in [2.75, 3.05) is 7.05 Å². The zero-order chi connectivity index (χ0) is 10.1. The van der Waals surface area contributed by atoms with Gasteiger partial charge < -0.3 is 4.98 Å². The topological polar surface area (TPSA) is 36.1 Å². The molecule has 1 aromatic heterocycles. The number of aromatic amines is 1. The number of para-hydroxylation sites is 1. The van der Waals surface area contributed by atoms with Crippen LogP contribution in [0, 0.1) is 0 Å². The largest absolute Gasteiger partial charge is 0.351 e. The monoisotopic (exact) mass is 300 g/mol. The predicted octanol–water partition coefficient (Wildman–Crippen LogP) is 2.59. The molecular weight excluding hydrogens is 291 g/mol. The van der Waals surface area contributed by atoms with Crippen molar-refractivity contribution >= 4 is 39.7 Å². The highest BCUT2D eigenvalue weighted by atomic mass is 127. The Morgan fingerprint density at radius 2 is 2.14 bits per heavy atom. The van der Waals surface area contributed by atoms with Gasteiger partial charge in [-0.15, -0.1) is 0 Å². The normalized spacial score (nSPS) is 10.4. The second-order valence-corrected chi connectivity index (χ2v) is 4.50. The van der Waals surface area contributed by atoms with E-state index in [1.54, 1.807) is 7.05 Å². The average molecular weight is 300 g/mol. The summed E-state index contributed by atoms with van der Waals surface area (Å²) in [4.78, 5) is 14.7. The van der Waals surface area contributed by atoms with Gasteiger partial charge in [0.25, 0.3) is 5.91 Å². The summed E-state index contributed by atoms with van der Waals surface area (Å²) in [5.74, 6) is -0.0122. The second kappa shape index (κ2) is 3.61. The quantitative estimate of drug-likeness (QED) is 0.638. The molecule has 0 unspecified atom stereocenters. The van der Waals surface area contributed by atoms with E-state index in [0.29, 0.717) is 5.69 Å². The van der Waals surface area contributed by atoms with Crippen molar-refractivity contribution in [2.24, 2.45) is 0 Å². The van der Waals surface area contributed by atoms with E-state index in [-0.39, 0.29) is 5.91 Å². The smallest absolute Gasteiger partial charge is 0.278 e. The summed E-state index contributed by atoms with van der Waals surface area (Å²) in [6, 6.07) is 9.71. The van der Waals surface area contributed by atoms with Crippen molar-refractivity contribution in [1.29, 1.82) is 0 Å². The zero-order valence-electron chi connectivity index (χ0n) is 7.62. The molecule has 0 saturated carbocycles. The van der Waals surface area contributed by atoms with Crippen LogP contribution < -0.4 is 0 Å². The van der Waals surface area contributed by atoms with Crippen molar-refractivity contribution in [3.05, 3.63) is 36.0 Å². The summed E-state index contributed by atoms with van der Waals surface area (Å²) < 4.78 is 1.53. The molecule has 0 bridgehead atoms. The van der Waals surface area contributed by atoms with Gasteiger partial charge in [-0.25, -0.2) is 0 Å². The Labute approximate surface area is 95.6 Å². The number of hydrogen-bond donors (Lipinski definition) is 1. The fourth-order valence-electron chi connectivity index (χ4n) is 1.35. The lowest BCUT2D eigenvalue weighted by atomic mass is 10.2. The molecule has 72 valence electrons. The molecule has 3 nitrogen and oxygen atoms in total. The molecule has 0 aliphatic carbocycles. The van der Waals surface area contributed by atoms with Gasteiger partial charge in [0.15, 0.2) is 0 Å². The average Bonchev–Trinajstić information content (AvgIpc) is 2.59. The lowest BCUT2D eigenvalue weighted by molar-refractivity contribution is 0.0902. The van der Waals surface area contributed by atoms with E-state index in [1.165, 1.54) is 3.11 Å². The Morgan fingerprint density at radius 1 is 1.43 bits per heavy atom. The van der Waals surface area contributed by atoms with E-state index in [2.05, 4.69) is 4.98 Å². The van der Waals surface area contributed by atoms with Gasteiger partial charge in [-0.1, -0.05) is 18.2 Å². The Balaban J connectivity index is 2.50. The molecule has 2 aromatic rings. The van der Waals surface area contributed by atoms with E-state index in [1.807, 2.05) is 53.2 Å². The van der Waals surface area contributed by atoms with Crippen LogP contribution in [0.1, 0.15) is 10.5 Å². The van der Waals surface area contributed by atoms with E-state index in [0.717, 1.165) is 10.9 Å². The molecule has 4 heteroatoms. The number of amides is 1. The van der Waals surface area contributed by atoms with Crippen LogP contribution in [0.5, 0.6) is 0 Å². The lowest BCUT2D eigenvalue weighted by Gasteiger charge is -2.04. The van der Waals surface area contributed by atoms with E-state index in [9.17, 15) is 4.79 Å². The van der Waals surface area contributed by atoms with Crippen molar-refractivity contribution in [2.45, 2.75) is 0 Å². The van der Waals surface area contributed by atoms with E-state index in [4.69, 9.17) is 0 Å². The van der Waals surface area contributed by atoms with Gasteiger partial charge in [-0.3, -0.25) is 7.91 Å². The number of benzene rings is 1. The first-order chi connectivity index (χ1) is 6.68. The van der Waals surface area contributed by atoms with Gasteiger partial charge in [0, 0.05) is 18.0 Å². The fourth-order valence-corrected chi connectivity index (χ4v) is 1.61. The van der Waals surface area contributed by atoms with E-state index >= 15 is 0 Å². The highest BCUT2D eigenvalue weighted by Crippen LogP contribution is 2.16. The number of rotatable bonds is 1. The number of halogens is 1. The first-order valence-corrected chi connectivity index (χ1v) is 5.16. The number of hydrogen-bond acceptors (Lipinski definition) is 1. The number of H-pyrrole nitrogens is 1. The maximum Gasteiger partial charge on any atom is 0.278 e. The highest BCUT2D eigenvalue weighted by molar-refractivity contribution is 14.1. The van der Waals surface area contributed by atoms with Gasteiger partial charge in [-0.2, -0.15) is 0 Å². The molecular formula is C10H9IN2O. The van der Waals surface area contributed by atoms with Gasteiger partial charge in [0.05, 0.1) is 22.9 Å². The number of aromatic nitrogens is 1. The summed E-state index contributed by atoms with van der Waals surface area (Å²) in [5, 5.41) is 1.06. The minimum Gasteiger partial charge on any atom is -0.351 e. The first-order valence-electron chi connectivity index (χ1n) is 4.20. The van der Waals surface area contributed by atoms with Crippen molar-refractivity contribution in [3.63, 3.8) is 0 Å². The maximum atomic E-state index is 11.6. The third kappa shape index (κ3) is 1.61. The molecule has 0 fully saturated rings. The Morgan fingerprint density at radius 3 is 2.79 bits per heavy atom. The number of carbonyl (C=O) groups is 1. The van der Waals surface area contributed by atoms with Gasteiger partial charge in [0.2, 0.25) is 0 Å². The summed E-state index contributed by atoms with van der Waals surface area (Å²) in [7, 11) is 1.73. The lowest BCUT2D eigenvalue weighted by Crippen LogP contribution is -2.15. The molecule has 2 rings (SSSR count). The maximum absolute atomic E-state index is 11.6. The molecule has 0 radical (unpaired) electrons. The van der Waals surface area contributed by atoms with Crippen molar-refractivity contribution in [3.8, 4) is 0 Å². The first kappa shape index (κ1) is 9.51. The van der Waals surface area contributed by atoms with Crippen LogP contribution in [-0.4, -0.2) is 21.1 Å². The van der Waals surface area contributed by atoms with Crippen LogP contribution >= 0.6 is 22.9 Å². The van der Waals surface area contributed by atoms with Crippen molar-refractivity contribution < 1.29 is 4.79 Å². The van der Waals surface area contributed by atoms with Gasteiger partial charge >= 0.3 is 0 Å². The SMILES string of the molecule is CN(I)C(=O)c1cc2ccccc2[nH]1.